The van der Waals surface area contributed by atoms with Gasteiger partial charge in [-0.2, -0.15) is 0 Å². The van der Waals surface area contributed by atoms with Crippen LogP contribution in [0.4, 0.5) is 4.79 Å². The zero-order chi connectivity index (χ0) is 15.6. The van der Waals surface area contributed by atoms with E-state index < -0.39 is 5.60 Å². The molecule has 2 aliphatic rings. The van der Waals surface area contributed by atoms with E-state index in [0.29, 0.717) is 18.0 Å². The summed E-state index contributed by atoms with van der Waals surface area (Å²) in [5, 5.41) is 2.04. The van der Waals surface area contributed by atoms with Gasteiger partial charge >= 0.3 is 6.09 Å². The normalized spacial score (nSPS) is 30.2. The lowest BCUT2D eigenvalue weighted by atomic mass is 9.93. The van der Waals surface area contributed by atoms with Crippen LogP contribution in [0.2, 0.25) is 0 Å². The lowest BCUT2D eigenvalue weighted by Crippen LogP contribution is -2.50. The molecule has 5 heteroatoms. The summed E-state index contributed by atoms with van der Waals surface area (Å²) in [6.45, 7) is 6.64. The summed E-state index contributed by atoms with van der Waals surface area (Å²) < 4.78 is 5.58. The third kappa shape index (κ3) is 4.33. The fraction of sp³-hybridized carbons (Fsp3) is 0.938. The zero-order valence-corrected chi connectivity index (χ0v) is 14.2. The largest absolute Gasteiger partial charge is 0.444 e. The number of hydrogen-bond acceptors (Lipinski definition) is 4. The Balaban J connectivity index is 2.02. The second kappa shape index (κ2) is 6.53. The van der Waals surface area contributed by atoms with Gasteiger partial charge in [-0.3, -0.25) is 10.4 Å². The number of hydrazine groups is 1. The maximum Gasteiger partial charge on any atom is 0.410 e. The molecule has 0 radical (unpaired) electrons. The van der Waals surface area contributed by atoms with Crippen LogP contribution in [0, 0.1) is 5.92 Å². The van der Waals surface area contributed by atoms with Crippen LogP contribution in [0.25, 0.3) is 0 Å². The first-order valence-corrected chi connectivity index (χ1v) is 8.21. The Bertz CT molecular complexity index is 365. The van der Waals surface area contributed by atoms with Gasteiger partial charge < -0.3 is 9.64 Å². The van der Waals surface area contributed by atoms with E-state index in [1.807, 2.05) is 44.8 Å². The van der Waals surface area contributed by atoms with Crippen molar-refractivity contribution in [1.29, 1.82) is 0 Å². The van der Waals surface area contributed by atoms with E-state index in [1.54, 1.807) is 0 Å². The minimum atomic E-state index is -0.415. The molecule has 5 nitrogen and oxygen atoms in total. The Kier molecular flexibility index (Phi) is 5.15. The van der Waals surface area contributed by atoms with Crippen molar-refractivity contribution in [3.63, 3.8) is 0 Å². The SMILES string of the molecule is CN(C)NC1CCCC1C1CCCN1C(=O)OC(C)(C)C. The summed E-state index contributed by atoms with van der Waals surface area (Å²) in [6.07, 6.45) is 5.71. The molecule has 1 amide bonds. The van der Waals surface area contributed by atoms with Gasteiger partial charge in [-0.25, -0.2) is 4.79 Å². The van der Waals surface area contributed by atoms with Gasteiger partial charge in [0.1, 0.15) is 5.60 Å². The van der Waals surface area contributed by atoms with Gasteiger partial charge in [0.05, 0.1) is 0 Å². The minimum absolute atomic E-state index is 0.138. The fourth-order valence-electron chi connectivity index (χ4n) is 3.73. The molecule has 0 aromatic heterocycles. The third-order valence-corrected chi connectivity index (χ3v) is 4.41. The van der Waals surface area contributed by atoms with Gasteiger partial charge in [0.15, 0.2) is 0 Å². The molecule has 1 aliphatic heterocycles. The van der Waals surface area contributed by atoms with Crippen LogP contribution in [0.5, 0.6) is 0 Å². The lowest BCUT2D eigenvalue weighted by Gasteiger charge is -2.35. The lowest BCUT2D eigenvalue weighted by molar-refractivity contribution is 0.0154. The first kappa shape index (κ1) is 16.6. The minimum Gasteiger partial charge on any atom is -0.444 e. The molecule has 2 fully saturated rings. The van der Waals surface area contributed by atoms with Crippen LogP contribution in [0.1, 0.15) is 52.9 Å². The number of hydrogen-bond donors (Lipinski definition) is 1. The average molecular weight is 297 g/mol. The smallest absolute Gasteiger partial charge is 0.410 e. The Hall–Kier alpha value is -0.810. The van der Waals surface area contributed by atoms with Crippen LogP contribution in [0.3, 0.4) is 0 Å². The summed E-state index contributed by atoms with van der Waals surface area (Å²) in [4.78, 5) is 14.4. The van der Waals surface area contributed by atoms with Crippen molar-refractivity contribution in [3.8, 4) is 0 Å². The van der Waals surface area contributed by atoms with E-state index >= 15 is 0 Å². The van der Waals surface area contributed by atoms with Gasteiger partial charge in [-0.1, -0.05) is 6.42 Å². The fourth-order valence-corrected chi connectivity index (χ4v) is 3.73. The molecule has 0 spiro atoms. The standard InChI is InChI=1S/C16H31N3O2/c1-16(2,3)21-15(20)19-11-7-10-14(19)12-8-6-9-13(12)17-18(4)5/h12-14,17H,6-11H2,1-5H3. The van der Waals surface area contributed by atoms with Crippen molar-refractivity contribution in [2.24, 2.45) is 5.92 Å². The topological polar surface area (TPSA) is 44.8 Å². The first-order valence-electron chi connectivity index (χ1n) is 8.21. The number of likely N-dealkylation sites (tertiary alicyclic amines) is 1. The van der Waals surface area contributed by atoms with Crippen molar-refractivity contribution in [1.82, 2.24) is 15.3 Å². The highest BCUT2D eigenvalue weighted by Gasteiger charge is 2.42. The van der Waals surface area contributed by atoms with Crippen LogP contribution in [-0.4, -0.2) is 54.3 Å². The molecule has 3 atom stereocenters. The highest BCUT2D eigenvalue weighted by molar-refractivity contribution is 5.69. The summed E-state index contributed by atoms with van der Waals surface area (Å²) >= 11 is 0. The predicted octanol–water partition coefficient (Wildman–Crippen LogP) is 2.62. The number of ether oxygens (including phenoxy) is 1. The van der Waals surface area contributed by atoms with E-state index in [0.717, 1.165) is 19.4 Å². The quantitative estimate of drug-likeness (QED) is 0.813. The molecule has 2 rings (SSSR count). The summed E-state index contributed by atoms with van der Waals surface area (Å²) in [5.41, 5.74) is 3.12. The van der Waals surface area contributed by atoms with Gasteiger partial charge in [-0.15, -0.1) is 0 Å². The van der Waals surface area contributed by atoms with Crippen LogP contribution in [-0.2, 0) is 4.74 Å². The molecule has 122 valence electrons. The van der Waals surface area contributed by atoms with Crippen LogP contribution >= 0.6 is 0 Å². The predicted molar refractivity (Wildman–Crippen MR) is 83.9 cm³/mol. The monoisotopic (exact) mass is 297 g/mol. The van der Waals surface area contributed by atoms with E-state index in [2.05, 4.69) is 5.43 Å². The van der Waals surface area contributed by atoms with E-state index in [1.165, 1.54) is 19.3 Å². The second-order valence-corrected chi connectivity index (χ2v) is 7.61. The summed E-state index contributed by atoms with van der Waals surface area (Å²) in [6, 6.07) is 0.813. The molecule has 1 aliphatic carbocycles. The molecule has 0 aromatic rings. The Morgan fingerprint density at radius 2 is 1.90 bits per heavy atom. The van der Waals surface area contributed by atoms with Crippen LogP contribution < -0.4 is 5.43 Å². The summed E-state index contributed by atoms with van der Waals surface area (Å²) in [5.74, 6) is 0.544. The van der Waals surface area contributed by atoms with E-state index in [4.69, 9.17) is 4.74 Å². The number of nitrogens with one attached hydrogen (secondary N) is 1. The van der Waals surface area contributed by atoms with Crippen molar-refractivity contribution < 1.29 is 9.53 Å². The Morgan fingerprint density at radius 1 is 1.19 bits per heavy atom. The third-order valence-electron chi connectivity index (χ3n) is 4.41. The molecule has 0 aromatic carbocycles. The van der Waals surface area contributed by atoms with Gasteiger partial charge in [-0.05, 0) is 52.4 Å². The van der Waals surface area contributed by atoms with Gasteiger partial charge in [0.25, 0.3) is 0 Å². The first-order chi connectivity index (χ1) is 9.78. The van der Waals surface area contributed by atoms with Crippen molar-refractivity contribution in [2.75, 3.05) is 20.6 Å². The van der Waals surface area contributed by atoms with Crippen molar-refractivity contribution >= 4 is 6.09 Å². The number of carbonyl (C=O) groups excluding carboxylic acids is 1. The van der Waals surface area contributed by atoms with E-state index in [9.17, 15) is 4.79 Å². The number of nitrogens with zero attached hydrogens (tertiary/aromatic N) is 2. The van der Waals surface area contributed by atoms with E-state index in [-0.39, 0.29) is 6.09 Å². The molecular weight excluding hydrogens is 266 g/mol. The molecule has 1 saturated carbocycles. The molecular formula is C16H31N3O2. The number of amides is 1. The molecule has 1 N–H and O–H groups in total. The zero-order valence-electron chi connectivity index (χ0n) is 14.2. The Labute approximate surface area is 129 Å². The number of rotatable bonds is 3. The number of carbonyl (C=O) groups is 1. The molecule has 1 saturated heterocycles. The Morgan fingerprint density at radius 3 is 2.52 bits per heavy atom. The van der Waals surface area contributed by atoms with Gasteiger partial charge in [0.2, 0.25) is 0 Å². The molecule has 3 unspecified atom stereocenters. The highest BCUT2D eigenvalue weighted by Crippen LogP contribution is 2.36. The molecule has 0 bridgehead atoms. The van der Waals surface area contributed by atoms with Gasteiger partial charge in [0, 0.05) is 32.7 Å². The average Bonchev–Trinajstić information content (AvgIpc) is 2.92. The highest BCUT2D eigenvalue weighted by atomic mass is 16.6. The second-order valence-electron chi connectivity index (χ2n) is 7.61. The van der Waals surface area contributed by atoms with Crippen LogP contribution in [0.15, 0.2) is 0 Å². The van der Waals surface area contributed by atoms with Crippen molar-refractivity contribution in [3.05, 3.63) is 0 Å². The molecule has 21 heavy (non-hydrogen) atoms. The summed E-state index contributed by atoms with van der Waals surface area (Å²) in [7, 11) is 4.07. The molecule has 1 heterocycles. The maximum absolute atomic E-state index is 12.4. The van der Waals surface area contributed by atoms with Crippen molar-refractivity contribution in [2.45, 2.75) is 70.6 Å². The maximum atomic E-state index is 12.4.